The normalized spacial score (nSPS) is 11.8. The molecule has 0 bridgehead atoms. The number of hydrogen-bond acceptors (Lipinski definition) is 5. The number of benzene rings is 1. The smallest absolute Gasteiger partial charge is 0.270 e. The SMILES string of the molecule is CCNC(=O)C(C)Oc1ccc([N+](=O)[O-])cc1CNC. The third-order valence-electron chi connectivity index (χ3n) is 2.65. The minimum atomic E-state index is -0.660. The van der Waals surface area contributed by atoms with E-state index in [1.807, 2.05) is 6.92 Å². The number of hydrogen-bond donors (Lipinski definition) is 2. The summed E-state index contributed by atoms with van der Waals surface area (Å²) in [6, 6.07) is 4.32. The van der Waals surface area contributed by atoms with Gasteiger partial charge in [-0.15, -0.1) is 0 Å². The van der Waals surface area contributed by atoms with E-state index < -0.39 is 11.0 Å². The van der Waals surface area contributed by atoms with Gasteiger partial charge in [-0.2, -0.15) is 0 Å². The van der Waals surface area contributed by atoms with Crippen LogP contribution in [0.1, 0.15) is 19.4 Å². The highest BCUT2D eigenvalue weighted by Gasteiger charge is 2.17. The molecule has 0 heterocycles. The van der Waals surface area contributed by atoms with E-state index in [-0.39, 0.29) is 11.6 Å². The summed E-state index contributed by atoms with van der Waals surface area (Å²) >= 11 is 0. The molecule has 1 unspecified atom stereocenters. The molecule has 1 atom stereocenters. The van der Waals surface area contributed by atoms with Crippen molar-refractivity contribution < 1.29 is 14.5 Å². The van der Waals surface area contributed by atoms with Gasteiger partial charge in [0.2, 0.25) is 0 Å². The molecule has 20 heavy (non-hydrogen) atoms. The van der Waals surface area contributed by atoms with Crippen LogP contribution in [0.15, 0.2) is 18.2 Å². The Labute approximate surface area is 117 Å². The Balaban J connectivity index is 2.93. The van der Waals surface area contributed by atoms with Crippen LogP contribution in [0.4, 0.5) is 5.69 Å². The summed E-state index contributed by atoms with van der Waals surface area (Å²) in [5.41, 5.74) is 0.631. The van der Waals surface area contributed by atoms with Crippen molar-refractivity contribution in [1.29, 1.82) is 0 Å². The lowest BCUT2D eigenvalue weighted by Gasteiger charge is -2.16. The Bertz CT molecular complexity index is 491. The van der Waals surface area contributed by atoms with E-state index in [0.717, 1.165) is 0 Å². The number of nitrogens with zero attached hydrogens (tertiary/aromatic N) is 1. The highest BCUT2D eigenvalue weighted by molar-refractivity contribution is 5.80. The van der Waals surface area contributed by atoms with Gasteiger partial charge in [0.05, 0.1) is 4.92 Å². The Kier molecular flexibility index (Phi) is 5.92. The summed E-state index contributed by atoms with van der Waals surface area (Å²) in [4.78, 5) is 21.9. The van der Waals surface area contributed by atoms with Crippen LogP contribution in [0.2, 0.25) is 0 Å². The molecule has 1 amide bonds. The van der Waals surface area contributed by atoms with Crippen LogP contribution in [-0.4, -0.2) is 30.5 Å². The van der Waals surface area contributed by atoms with E-state index in [0.29, 0.717) is 24.4 Å². The van der Waals surface area contributed by atoms with Gasteiger partial charge in [0.15, 0.2) is 6.10 Å². The van der Waals surface area contributed by atoms with E-state index in [9.17, 15) is 14.9 Å². The van der Waals surface area contributed by atoms with Gasteiger partial charge in [-0.05, 0) is 27.0 Å². The molecule has 0 radical (unpaired) electrons. The number of rotatable bonds is 7. The molecular formula is C13H19N3O4. The van der Waals surface area contributed by atoms with Crippen molar-refractivity contribution >= 4 is 11.6 Å². The average Bonchev–Trinajstić information content (AvgIpc) is 2.40. The third-order valence-corrected chi connectivity index (χ3v) is 2.65. The molecule has 0 aromatic heterocycles. The standard InChI is InChI=1S/C13H19N3O4/c1-4-15-13(17)9(2)20-12-6-5-11(16(18)19)7-10(12)8-14-3/h5-7,9,14H,4,8H2,1-3H3,(H,15,17). The molecule has 0 aliphatic carbocycles. The van der Waals surface area contributed by atoms with Crippen molar-refractivity contribution in [3.05, 3.63) is 33.9 Å². The first kappa shape index (κ1) is 15.9. The molecule has 1 aromatic rings. The molecular weight excluding hydrogens is 262 g/mol. The number of likely N-dealkylation sites (N-methyl/N-ethyl adjacent to an activating group) is 1. The molecule has 0 saturated heterocycles. The van der Waals surface area contributed by atoms with Gasteiger partial charge < -0.3 is 15.4 Å². The van der Waals surface area contributed by atoms with Gasteiger partial charge >= 0.3 is 0 Å². The zero-order valence-corrected chi connectivity index (χ0v) is 11.8. The quantitative estimate of drug-likeness (QED) is 0.579. The van der Waals surface area contributed by atoms with Gasteiger partial charge in [-0.3, -0.25) is 14.9 Å². The second kappa shape index (κ2) is 7.44. The highest BCUT2D eigenvalue weighted by atomic mass is 16.6. The predicted octanol–water partition coefficient (Wildman–Crippen LogP) is 1.22. The van der Waals surface area contributed by atoms with Crippen LogP contribution in [0.25, 0.3) is 0 Å². The van der Waals surface area contributed by atoms with Crippen LogP contribution >= 0.6 is 0 Å². The van der Waals surface area contributed by atoms with Crippen LogP contribution in [0.3, 0.4) is 0 Å². The molecule has 0 spiro atoms. The molecule has 7 nitrogen and oxygen atoms in total. The van der Waals surface area contributed by atoms with Crippen LogP contribution in [-0.2, 0) is 11.3 Å². The molecule has 2 N–H and O–H groups in total. The van der Waals surface area contributed by atoms with Gasteiger partial charge in [-0.1, -0.05) is 0 Å². The topological polar surface area (TPSA) is 93.5 Å². The van der Waals surface area contributed by atoms with Crippen molar-refractivity contribution in [2.75, 3.05) is 13.6 Å². The first-order chi connectivity index (χ1) is 9.49. The van der Waals surface area contributed by atoms with E-state index >= 15 is 0 Å². The number of carbonyl (C=O) groups is 1. The highest BCUT2D eigenvalue weighted by Crippen LogP contribution is 2.25. The van der Waals surface area contributed by atoms with E-state index in [2.05, 4.69) is 10.6 Å². The molecule has 1 rings (SSSR count). The summed E-state index contributed by atoms with van der Waals surface area (Å²) in [5, 5.41) is 16.3. The molecule has 0 fully saturated rings. The maximum atomic E-state index is 11.6. The number of nitro groups is 1. The second-order valence-corrected chi connectivity index (χ2v) is 4.23. The Morgan fingerprint density at radius 1 is 1.50 bits per heavy atom. The van der Waals surface area contributed by atoms with Crippen molar-refractivity contribution in [1.82, 2.24) is 10.6 Å². The van der Waals surface area contributed by atoms with Crippen molar-refractivity contribution in [3.63, 3.8) is 0 Å². The second-order valence-electron chi connectivity index (χ2n) is 4.23. The number of amides is 1. The van der Waals surface area contributed by atoms with Crippen molar-refractivity contribution in [2.24, 2.45) is 0 Å². The maximum Gasteiger partial charge on any atom is 0.270 e. The zero-order valence-electron chi connectivity index (χ0n) is 11.8. The molecule has 0 saturated carbocycles. The van der Waals surface area contributed by atoms with Crippen molar-refractivity contribution in [2.45, 2.75) is 26.5 Å². The Morgan fingerprint density at radius 2 is 2.20 bits per heavy atom. The van der Waals surface area contributed by atoms with Crippen molar-refractivity contribution in [3.8, 4) is 5.75 Å². The summed E-state index contributed by atoms with van der Waals surface area (Å²) in [6.07, 6.45) is -0.660. The minimum Gasteiger partial charge on any atom is -0.481 e. The summed E-state index contributed by atoms with van der Waals surface area (Å²) < 4.78 is 5.57. The van der Waals surface area contributed by atoms with Gasteiger partial charge in [0.1, 0.15) is 5.75 Å². The third kappa shape index (κ3) is 4.20. The molecule has 7 heteroatoms. The van der Waals surface area contributed by atoms with Crippen LogP contribution in [0.5, 0.6) is 5.75 Å². The largest absolute Gasteiger partial charge is 0.481 e. The van der Waals surface area contributed by atoms with Crippen LogP contribution in [0, 0.1) is 10.1 Å². The molecule has 0 aliphatic heterocycles. The van der Waals surface area contributed by atoms with Gasteiger partial charge in [0, 0.05) is 30.8 Å². The Hall–Kier alpha value is -2.15. The van der Waals surface area contributed by atoms with Gasteiger partial charge in [-0.25, -0.2) is 0 Å². The molecule has 0 aliphatic rings. The summed E-state index contributed by atoms with van der Waals surface area (Å²) in [7, 11) is 1.73. The minimum absolute atomic E-state index is 0.00624. The lowest BCUT2D eigenvalue weighted by atomic mass is 10.1. The first-order valence-corrected chi connectivity index (χ1v) is 6.35. The monoisotopic (exact) mass is 281 g/mol. The first-order valence-electron chi connectivity index (χ1n) is 6.35. The lowest BCUT2D eigenvalue weighted by molar-refractivity contribution is -0.384. The van der Waals surface area contributed by atoms with Crippen LogP contribution < -0.4 is 15.4 Å². The fraction of sp³-hybridized carbons (Fsp3) is 0.462. The fourth-order valence-corrected chi connectivity index (χ4v) is 1.68. The number of ether oxygens (including phenoxy) is 1. The summed E-state index contributed by atoms with van der Waals surface area (Å²) in [5.74, 6) is 0.241. The van der Waals surface area contributed by atoms with Gasteiger partial charge in [0.25, 0.3) is 11.6 Å². The average molecular weight is 281 g/mol. The number of nitro benzene ring substituents is 1. The van der Waals surface area contributed by atoms with E-state index in [1.54, 1.807) is 14.0 Å². The van der Waals surface area contributed by atoms with E-state index in [4.69, 9.17) is 4.74 Å². The number of non-ortho nitro benzene ring substituents is 1. The van der Waals surface area contributed by atoms with E-state index in [1.165, 1.54) is 18.2 Å². The maximum absolute atomic E-state index is 11.6. The number of carbonyl (C=O) groups excluding carboxylic acids is 1. The summed E-state index contributed by atoms with van der Waals surface area (Å²) in [6.45, 7) is 4.40. The molecule has 1 aromatic carbocycles. The predicted molar refractivity (Wildman–Crippen MR) is 74.6 cm³/mol. The zero-order chi connectivity index (χ0) is 15.1. The fourth-order valence-electron chi connectivity index (χ4n) is 1.68. The molecule has 110 valence electrons. The lowest BCUT2D eigenvalue weighted by Crippen LogP contribution is -2.36. The number of nitrogens with one attached hydrogen (secondary N) is 2. The Morgan fingerprint density at radius 3 is 2.75 bits per heavy atom.